The van der Waals surface area contributed by atoms with E-state index in [1.54, 1.807) is 0 Å². The molecule has 0 spiro atoms. The quantitative estimate of drug-likeness (QED) is 0.0419. The Hall–Kier alpha value is -8.92. The van der Waals surface area contributed by atoms with Gasteiger partial charge in [-0.15, -0.1) is 44.1 Å². The van der Waals surface area contributed by atoms with Crippen LogP contribution in [-0.2, 0) is 51.0 Å². The molecule has 6 aromatic rings. The fraction of sp³-hybridized carbons (Fsp3) is 0.389. The van der Waals surface area contributed by atoms with E-state index in [0.717, 1.165) is 189 Å². The number of hydrogen-bond donors (Lipinski definition) is 0. The fourth-order valence-corrected chi connectivity index (χ4v) is 12.5. The summed E-state index contributed by atoms with van der Waals surface area (Å²) in [7, 11) is 5.60. The number of nitrogens with zero attached hydrogens (tertiary/aromatic N) is 8. The summed E-state index contributed by atoms with van der Waals surface area (Å²) in [5.41, 5.74) is 29.0. The highest BCUT2D eigenvalue weighted by Gasteiger charge is 2.25. The van der Waals surface area contributed by atoms with Gasteiger partial charge in [-0.25, -0.2) is 19.9 Å². The predicted octanol–water partition coefficient (Wildman–Crippen LogP) is 14.2. The molecule has 0 radical (unpaired) electrons. The van der Waals surface area contributed by atoms with Gasteiger partial charge in [0.25, 0.3) is 0 Å². The summed E-state index contributed by atoms with van der Waals surface area (Å²) in [5.74, 6) is -1.22. The molecule has 0 saturated heterocycles. The number of hydrogen-bond acceptors (Lipinski definition) is 12. The number of aryl methyl sites for hydroxylation is 8. The van der Waals surface area contributed by atoms with Crippen molar-refractivity contribution in [3.8, 4) is 0 Å². The first-order chi connectivity index (χ1) is 42.2. The van der Waals surface area contributed by atoms with Gasteiger partial charge in [0.2, 0.25) is 0 Å². The van der Waals surface area contributed by atoms with E-state index in [4.69, 9.17) is 58.8 Å². The Balaban J connectivity index is 0.997. The largest absolute Gasteiger partial charge is 0.657 e. The number of fused-ring (bicyclic) bond motifs is 16. The number of rotatable bonds is 19. The highest BCUT2D eigenvalue weighted by Crippen LogP contribution is 2.41. The van der Waals surface area contributed by atoms with Crippen LogP contribution >= 0.6 is 0 Å². The first-order valence-corrected chi connectivity index (χ1v) is 30.5. The van der Waals surface area contributed by atoms with E-state index < -0.39 is 0 Å². The molecule has 16 nitrogen and oxygen atoms in total. The van der Waals surface area contributed by atoms with Crippen LogP contribution in [0.1, 0.15) is 195 Å². The first-order valence-electron chi connectivity index (χ1n) is 30.5. The molecule has 4 aliphatic rings. The average molecular weight is 1180 g/mol. The van der Waals surface area contributed by atoms with Gasteiger partial charge < -0.3 is 38.9 Å². The normalized spacial score (nSPS) is 13.3. The number of carbonyl (C=O) groups is 4. The van der Waals surface area contributed by atoms with Crippen molar-refractivity contribution in [1.82, 2.24) is 39.9 Å². The maximum Gasteiger partial charge on any atom is 0.305 e. The Morgan fingerprint density at radius 3 is 0.841 bits per heavy atom. The van der Waals surface area contributed by atoms with Crippen LogP contribution in [0.4, 0.5) is 0 Å². The summed E-state index contributed by atoms with van der Waals surface area (Å²) in [6.07, 6.45) is 7.94. The molecule has 88 heavy (non-hydrogen) atoms. The van der Waals surface area contributed by atoms with Crippen LogP contribution in [0.15, 0.2) is 48.5 Å². The minimum absolute atomic E-state index is 0.184. The number of ether oxygens (including phenoxy) is 4. The van der Waals surface area contributed by atoms with Crippen LogP contribution in [0.2, 0.25) is 0 Å². The van der Waals surface area contributed by atoms with Crippen molar-refractivity contribution in [2.75, 3.05) is 28.4 Å². The molecule has 6 aromatic heterocycles. The van der Waals surface area contributed by atoms with Crippen LogP contribution in [0, 0.1) is 41.5 Å². The zero-order valence-corrected chi connectivity index (χ0v) is 53.4. The molecule has 0 N–H and O–H groups in total. The minimum Gasteiger partial charge on any atom is -0.657 e. The number of aromatic nitrogens is 8. The van der Waals surface area contributed by atoms with Crippen molar-refractivity contribution in [1.29, 1.82) is 0 Å². The standard InChI is InChI=1S/C72H78N8O8/c1-37-38(2)54-30-58-43(7)50(22-26-70(82)86-12)66(77-58)36-68-52(24-28-72(84)88-14)46(10)62(80-68)34-64-48(41(5)57(75-64)29-53(37)73-54)20-18-16-15-17-19-47-42(6)60-32-61-45(9)51(23-27-71(83)87-13)67(79-61)35-65-49(21-25-69(81)85-11)44(8)59(78-65)31-55-39(3)40(4)56(74-55)33-63(47)76-60/h29-36H,15-28H2,1-14H3/q-4. The second-order valence-corrected chi connectivity index (χ2v) is 23.6. The van der Waals surface area contributed by atoms with Gasteiger partial charge in [-0.2, -0.15) is 0 Å². The van der Waals surface area contributed by atoms with Gasteiger partial charge in [0.1, 0.15) is 0 Å². The molecule has 16 heteroatoms. The van der Waals surface area contributed by atoms with Gasteiger partial charge in [-0.1, -0.05) is 93.7 Å². The summed E-state index contributed by atoms with van der Waals surface area (Å²) >= 11 is 0. The van der Waals surface area contributed by atoms with Gasteiger partial charge in [0.05, 0.1) is 74.0 Å². The molecule has 0 saturated carbocycles. The molecular formula is C72H78N8O8-4. The Kier molecular flexibility index (Phi) is 18.5. The summed E-state index contributed by atoms with van der Waals surface area (Å²) in [4.78, 5) is 92.1. The third-order valence-electron chi connectivity index (χ3n) is 18.5. The third-order valence-corrected chi connectivity index (χ3v) is 18.5. The molecule has 0 amide bonds. The van der Waals surface area contributed by atoms with E-state index >= 15 is 0 Å². The Morgan fingerprint density at radius 2 is 0.534 bits per heavy atom. The fourth-order valence-electron chi connectivity index (χ4n) is 12.5. The number of allylic oxidation sites excluding steroid dienone is 8. The van der Waals surface area contributed by atoms with E-state index in [-0.39, 0.29) is 49.6 Å². The van der Waals surface area contributed by atoms with E-state index in [0.29, 0.717) is 48.5 Å². The van der Waals surface area contributed by atoms with Crippen molar-refractivity contribution in [2.45, 2.75) is 159 Å². The van der Waals surface area contributed by atoms with Crippen LogP contribution in [0.25, 0.3) is 88.7 Å². The van der Waals surface area contributed by atoms with E-state index in [2.05, 4.69) is 72.7 Å². The molecule has 4 aliphatic heterocycles. The summed E-state index contributed by atoms with van der Waals surface area (Å²) in [6, 6.07) is 16.4. The second-order valence-electron chi connectivity index (χ2n) is 23.6. The molecular weight excluding hydrogens is 1100 g/mol. The third kappa shape index (κ3) is 12.6. The van der Waals surface area contributed by atoms with Gasteiger partial charge in [0.15, 0.2) is 0 Å². The molecule has 458 valence electrons. The lowest BCUT2D eigenvalue weighted by atomic mass is 9.98. The summed E-state index contributed by atoms with van der Waals surface area (Å²) in [5, 5.41) is 0. The second kappa shape index (κ2) is 26.2. The van der Waals surface area contributed by atoms with E-state index in [9.17, 15) is 19.2 Å². The lowest BCUT2D eigenvalue weighted by Gasteiger charge is -2.09. The van der Waals surface area contributed by atoms with Crippen LogP contribution in [0.3, 0.4) is 0 Å². The van der Waals surface area contributed by atoms with Gasteiger partial charge in [-0.05, 0) is 177 Å². The smallest absolute Gasteiger partial charge is 0.305 e. The number of unbranched alkanes of at least 4 members (excludes halogenated alkanes) is 3. The van der Waals surface area contributed by atoms with Crippen molar-refractivity contribution in [2.24, 2.45) is 0 Å². The van der Waals surface area contributed by atoms with Crippen LogP contribution in [-0.4, -0.2) is 72.3 Å². The van der Waals surface area contributed by atoms with E-state index in [1.807, 2.05) is 45.0 Å². The molecule has 10 heterocycles. The van der Waals surface area contributed by atoms with Crippen LogP contribution in [0.5, 0.6) is 0 Å². The van der Waals surface area contributed by atoms with Crippen LogP contribution < -0.4 is 19.9 Å². The molecule has 0 aliphatic carbocycles. The zero-order valence-electron chi connectivity index (χ0n) is 53.4. The Morgan fingerprint density at radius 1 is 0.295 bits per heavy atom. The topological polar surface area (TPSA) is 213 Å². The molecule has 16 bridgehead atoms. The minimum atomic E-state index is -0.306. The predicted molar refractivity (Wildman–Crippen MR) is 347 cm³/mol. The van der Waals surface area contributed by atoms with Crippen molar-refractivity contribution in [3.63, 3.8) is 0 Å². The summed E-state index contributed by atoms with van der Waals surface area (Å²) < 4.78 is 20.3. The maximum absolute atomic E-state index is 12.6. The highest BCUT2D eigenvalue weighted by atomic mass is 16.5. The molecule has 0 fully saturated rings. The van der Waals surface area contributed by atoms with Crippen molar-refractivity contribution < 1.29 is 38.1 Å². The SMILES string of the molecule is COC(=O)CCC1=C(C)c2cc3[n-]c(cc4[n-]c(cc5nc(cc1n2)C(CCC(=O)OC)=C5C)c(CCCCCCc1c(C)c2cc5nc(cc6nc(cc7[n-]c(cc1[n-]2)c(C)c7C)C(C)=C6CCC(=O)OC)C(CCC(=O)OC)=C5C)c4C)c(C)c3C. The highest BCUT2D eigenvalue weighted by molar-refractivity contribution is 5.99. The molecule has 0 aromatic carbocycles. The Bertz CT molecular complexity index is 4360. The summed E-state index contributed by atoms with van der Waals surface area (Å²) in [6.45, 7) is 20.8. The zero-order chi connectivity index (χ0) is 62.8. The van der Waals surface area contributed by atoms with Gasteiger partial charge in [-0.3, -0.25) is 19.2 Å². The molecule has 10 rings (SSSR count). The lowest BCUT2D eigenvalue weighted by Crippen LogP contribution is -2.01. The van der Waals surface area contributed by atoms with Gasteiger partial charge in [0, 0.05) is 25.7 Å². The Labute approximate surface area is 514 Å². The number of carbonyl (C=O) groups excluding carboxylic acids is 4. The molecule has 0 unspecified atom stereocenters. The number of methoxy groups -OCH3 is 4. The van der Waals surface area contributed by atoms with Crippen molar-refractivity contribution in [3.05, 3.63) is 139 Å². The van der Waals surface area contributed by atoms with Crippen molar-refractivity contribution >= 4 is 113 Å². The average Bonchev–Trinajstić information content (AvgIpc) is 2.40. The van der Waals surface area contributed by atoms with Gasteiger partial charge >= 0.3 is 23.9 Å². The number of esters is 4. The first kappa shape index (κ1) is 62.1. The lowest BCUT2D eigenvalue weighted by molar-refractivity contribution is -0.141. The molecule has 0 atom stereocenters. The maximum atomic E-state index is 12.6. The van der Waals surface area contributed by atoms with E-state index in [1.165, 1.54) is 34.0 Å². The monoisotopic (exact) mass is 1180 g/mol.